The summed E-state index contributed by atoms with van der Waals surface area (Å²) < 4.78 is 2.28. The molecule has 0 N–H and O–H groups in total. The fourth-order valence-corrected chi connectivity index (χ4v) is 0.682. The zero-order chi connectivity index (χ0) is 7.28. The van der Waals surface area contributed by atoms with Gasteiger partial charge in [-0.15, -0.1) is 0 Å². The Labute approximate surface area is 71.7 Å². The van der Waals surface area contributed by atoms with Gasteiger partial charge in [-0.05, 0) is 14.1 Å². The molecular weight excluding hydrogens is 227 g/mol. The second kappa shape index (κ2) is 5.44. The van der Waals surface area contributed by atoms with E-state index in [0.717, 1.165) is 19.6 Å². The topological polar surface area (TPSA) is 6.48 Å². The van der Waals surface area contributed by atoms with Crippen LogP contribution in [0, 0.1) is 0 Å². The number of rotatable bonds is 4. The Balaban J connectivity index is 3.06. The minimum Gasteiger partial charge on any atom is -0.308 e. The highest BCUT2D eigenvalue weighted by atomic mass is 127. The Bertz CT molecular complexity index is 66.1. The van der Waals surface area contributed by atoms with Gasteiger partial charge in [0.1, 0.15) is 0 Å². The van der Waals surface area contributed by atoms with Gasteiger partial charge in [0.25, 0.3) is 0 Å². The maximum atomic E-state index is 2.35. The lowest BCUT2D eigenvalue weighted by atomic mass is 10.5. The smallest absolute Gasteiger partial charge is 0.0208 e. The maximum Gasteiger partial charge on any atom is 0.0208 e. The summed E-state index contributed by atoms with van der Waals surface area (Å²) in [4.78, 5) is 2.20. The van der Waals surface area contributed by atoms with E-state index in [1.807, 2.05) is 0 Å². The molecule has 0 spiro atoms. The molecule has 2 nitrogen and oxygen atoms in total. The van der Waals surface area contributed by atoms with Crippen molar-refractivity contribution in [1.82, 2.24) is 8.01 Å². The molecule has 0 unspecified atom stereocenters. The third-order valence-electron chi connectivity index (χ3n) is 1.13. The van der Waals surface area contributed by atoms with E-state index in [-0.39, 0.29) is 0 Å². The molecule has 0 aromatic carbocycles. The largest absolute Gasteiger partial charge is 0.308 e. The quantitative estimate of drug-likeness (QED) is 0.540. The van der Waals surface area contributed by atoms with E-state index in [1.165, 1.54) is 0 Å². The molecule has 0 saturated carbocycles. The van der Waals surface area contributed by atoms with Gasteiger partial charge in [-0.25, -0.2) is 3.11 Å². The molecule has 0 atom stereocenters. The summed E-state index contributed by atoms with van der Waals surface area (Å²) in [7, 11) is 4.19. The molecule has 0 fully saturated rings. The van der Waals surface area contributed by atoms with Gasteiger partial charge in [-0.3, -0.25) is 0 Å². The normalized spacial score (nSPS) is 11.3. The highest BCUT2D eigenvalue weighted by Gasteiger charge is 1.95. The van der Waals surface area contributed by atoms with Gasteiger partial charge < -0.3 is 4.90 Å². The first kappa shape index (κ1) is 9.65. The molecule has 3 heteroatoms. The Morgan fingerprint density at radius 2 is 1.78 bits per heavy atom. The molecule has 0 heterocycles. The standard InChI is InChI=1S/C6H15IN2/c1-4-9(7)6-5-8(2)3/h4-6H2,1-3H3. The lowest BCUT2D eigenvalue weighted by molar-refractivity contribution is 0.369. The van der Waals surface area contributed by atoms with Crippen molar-refractivity contribution in [2.24, 2.45) is 0 Å². The molecule has 0 aliphatic rings. The van der Waals surface area contributed by atoms with Crippen LogP contribution >= 0.6 is 22.9 Å². The molecule has 0 rings (SSSR count). The molecule has 9 heavy (non-hydrogen) atoms. The predicted molar refractivity (Wildman–Crippen MR) is 49.8 cm³/mol. The predicted octanol–water partition coefficient (Wildman–Crippen LogP) is 1.22. The number of halogens is 1. The monoisotopic (exact) mass is 242 g/mol. The summed E-state index contributed by atoms with van der Waals surface area (Å²) in [6.45, 7) is 5.61. The van der Waals surface area contributed by atoms with Crippen LogP contribution in [0.15, 0.2) is 0 Å². The zero-order valence-electron chi connectivity index (χ0n) is 6.39. The van der Waals surface area contributed by atoms with Crippen LogP contribution in [0.4, 0.5) is 0 Å². The van der Waals surface area contributed by atoms with Crippen molar-refractivity contribution in [3.05, 3.63) is 0 Å². The van der Waals surface area contributed by atoms with Gasteiger partial charge in [0.05, 0.1) is 0 Å². The minimum absolute atomic E-state index is 1.13. The highest BCUT2D eigenvalue weighted by molar-refractivity contribution is 14.1. The number of hydrogen-bond donors (Lipinski definition) is 0. The van der Waals surface area contributed by atoms with Crippen LogP contribution in [0.5, 0.6) is 0 Å². The van der Waals surface area contributed by atoms with E-state index in [2.05, 4.69) is 51.9 Å². The van der Waals surface area contributed by atoms with Crippen molar-refractivity contribution >= 4 is 22.9 Å². The van der Waals surface area contributed by atoms with Crippen molar-refractivity contribution in [2.75, 3.05) is 33.7 Å². The van der Waals surface area contributed by atoms with Crippen molar-refractivity contribution in [2.45, 2.75) is 6.92 Å². The van der Waals surface area contributed by atoms with Gasteiger partial charge in [-0.1, -0.05) is 6.92 Å². The maximum absolute atomic E-state index is 2.35. The lowest BCUT2D eigenvalue weighted by Crippen LogP contribution is -2.24. The summed E-state index contributed by atoms with van der Waals surface area (Å²) in [6, 6.07) is 0. The van der Waals surface area contributed by atoms with E-state index in [4.69, 9.17) is 0 Å². The molecule has 56 valence electrons. The van der Waals surface area contributed by atoms with Crippen LogP contribution in [0.2, 0.25) is 0 Å². The van der Waals surface area contributed by atoms with Crippen molar-refractivity contribution in [1.29, 1.82) is 0 Å². The second-order valence-corrected chi connectivity index (χ2v) is 3.67. The van der Waals surface area contributed by atoms with Crippen LogP contribution in [0.25, 0.3) is 0 Å². The van der Waals surface area contributed by atoms with Gasteiger partial charge in [0.2, 0.25) is 0 Å². The first-order valence-corrected chi connectivity index (χ1v) is 4.18. The van der Waals surface area contributed by atoms with Crippen molar-refractivity contribution in [3.8, 4) is 0 Å². The number of nitrogens with zero attached hydrogens (tertiary/aromatic N) is 2. The highest BCUT2D eigenvalue weighted by Crippen LogP contribution is 1.95. The second-order valence-electron chi connectivity index (χ2n) is 2.31. The molecule has 0 saturated heterocycles. The molecule has 0 amide bonds. The number of hydrogen-bond acceptors (Lipinski definition) is 2. The Hall–Kier alpha value is 0.650. The summed E-state index contributed by atoms with van der Waals surface area (Å²) in [6.07, 6.45) is 0. The fourth-order valence-electron chi connectivity index (χ4n) is 0.467. The summed E-state index contributed by atoms with van der Waals surface area (Å²) >= 11 is 2.35. The van der Waals surface area contributed by atoms with Gasteiger partial charge in [-0.2, -0.15) is 0 Å². The Kier molecular flexibility index (Phi) is 5.83. The molecule has 0 aromatic rings. The molecule has 0 radical (unpaired) electrons. The zero-order valence-corrected chi connectivity index (χ0v) is 8.55. The van der Waals surface area contributed by atoms with E-state index >= 15 is 0 Å². The third-order valence-corrected chi connectivity index (χ3v) is 2.30. The molecule has 0 bridgehead atoms. The van der Waals surface area contributed by atoms with Crippen LogP contribution in [-0.4, -0.2) is 41.7 Å². The van der Waals surface area contributed by atoms with E-state index in [9.17, 15) is 0 Å². The summed E-state index contributed by atoms with van der Waals surface area (Å²) in [5, 5.41) is 0. The third kappa shape index (κ3) is 6.54. The molecule has 0 aromatic heterocycles. The van der Waals surface area contributed by atoms with E-state index in [1.54, 1.807) is 0 Å². The van der Waals surface area contributed by atoms with Crippen LogP contribution in [-0.2, 0) is 0 Å². The minimum atomic E-state index is 1.13. The molecule has 0 aliphatic carbocycles. The van der Waals surface area contributed by atoms with Gasteiger partial charge in [0.15, 0.2) is 0 Å². The van der Waals surface area contributed by atoms with Gasteiger partial charge >= 0.3 is 0 Å². The average molecular weight is 242 g/mol. The molecular formula is C6H15IN2. The fraction of sp³-hybridized carbons (Fsp3) is 1.00. The van der Waals surface area contributed by atoms with Crippen LogP contribution in [0.1, 0.15) is 6.92 Å². The summed E-state index contributed by atoms with van der Waals surface area (Å²) in [5.41, 5.74) is 0. The number of likely N-dealkylation sites (N-methyl/N-ethyl adjacent to an activating group) is 2. The Morgan fingerprint density at radius 3 is 2.11 bits per heavy atom. The molecule has 0 aliphatic heterocycles. The van der Waals surface area contributed by atoms with Crippen LogP contribution in [0.3, 0.4) is 0 Å². The lowest BCUT2D eigenvalue weighted by Gasteiger charge is -2.14. The average Bonchev–Trinajstić information content (AvgIpc) is 1.83. The first-order valence-electron chi connectivity index (χ1n) is 3.22. The van der Waals surface area contributed by atoms with Crippen molar-refractivity contribution in [3.63, 3.8) is 0 Å². The van der Waals surface area contributed by atoms with Gasteiger partial charge in [0, 0.05) is 42.5 Å². The van der Waals surface area contributed by atoms with E-state index < -0.39 is 0 Å². The van der Waals surface area contributed by atoms with Crippen molar-refractivity contribution < 1.29 is 0 Å². The summed E-state index contributed by atoms with van der Waals surface area (Å²) in [5.74, 6) is 0. The van der Waals surface area contributed by atoms with Crippen LogP contribution < -0.4 is 0 Å². The van der Waals surface area contributed by atoms with E-state index in [0.29, 0.717) is 0 Å². The Morgan fingerprint density at radius 1 is 1.22 bits per heavy atom. The SMILES string of the molecule is CCN(I)CCN(C)C. The first-order chi connectivity index (χ1) is 4.16.